The summed E-state index contributed by atoms with van der Waals surface area (Å²) in [6.45, 7) is 4.97. The highest BCUT2D eigenvalue weighted by Gasteiger charge is 2.55. The molecule has 1 aromatic carbocycles. The summed E-state index contributed by atoms with van der Waals surface area (Å²) in [5.74, 6) is 2.09. The van der Waals surface area contributed by atoms with Crippen molar-refractivity contribution in [3.63, 3.8) is 0 Å². The van der Waals surface area contributed by atoms with Gasteiger partial charge in [0, 0.05) is 34.7 Å². The average Bonchev–Trinajstić information content (AvgIpc) is 3.00. The molecule has 0 radical (unpaired) electrons. The van der Waals surface area contributed by atoms with Gasteiger partial charge < -0.3 is 4.74 Å². The minimum Gasteiger partial charge on any atom is -0.489 e. The van der Waals surface area contributed by atoms with Gasteiger partial charge in [0.2, 0.25) is 0 Å². The Morgan fingerprint density at radius 2 is 2.17 bits per heavy atom. The van der Waals surface area contributed by atoms with E-state index in [2.05, 4.69) is 54.1 Å². The zero-order chi connectivity index (χ0) is 20.4. The molecule has 6 heteroatoms. The monoisotopic (exact) mass is 474 g/mol. The van der Waals surface area contributed by atoms with Crippen LogP contribution in [0.1, 0.15) is 45.1 Å². The Bertz CT molecular complexity index is 882. The molecule has 2 heterocycles. The first-order valence-corrected chi connectivity index (χ1v) is 12.2. The molecule has 1 aliphatic carbocycles. The van der Waals surface area contributed by atoms with Crippen LogP contribution in [0.4, 0.5) is 0 Å². The van der Waals surface area contributed by atoms with E-state index in [9.17, 15) is 4.79 Å². The molecule has 3 aliphatic rings. The van der Waals surface area contributed by atoms with Gasteiger partial charge in [-0.3, -0.25) is 9.69 Å². The molecule has 0 fully saturated rings. The first kappa shape index (κ1) is 20.7. The average molecular weight is 475 g/mol. The van der Waals surface area contributed by atoms with E-state index < -0.39 is 5.54 Å². The summed E-state index contributed by atoms with van der Waals surface area (Å²) in [4.78, 5) is 20.9. The Kier molecular flexibility index (Phi) is 6.21. The number of halogens is 1. The van der Waals surface area contributed by atoms with E-state index in [0.29, 0.717) is 13.0 Å². The number of benzene rings is 1. The first-order chi connectivity index (χ1) is 14.1. The normalized spacial score (nSPS) is 27.9. The fourth-order valence-electron chi connectivity index (χ4n) is 4.26. The third-order valence-electron chi connectivity index (χ3n) is 5.65. The maximum atomic E-state index is 13.8. The zero-order valence-corrected chi connectivity index (χ0v) is 19.3. The van der Waals surface area contributed by atoms with Gasteiger partial charge in [0.1, 0.15) is 11.9 Å². The van der Waals surface area contributed by atoms with Gasteiger partial charge in [0.15, 0.2) is 10.7 Å². The van der Waals surface area contributed by atoms with Crippen molar-refractivity contribution in [2.24, 2.45) is 10.9 Å². The fourth-order valence-corrected chi connectivity index (χ4v) is 5.56. The van der Waals surface area contributed by atoms with Crippen molar-refractivity contribution in [2.45, 2.75) is 51.2 Å². The van der Waals surface area contributed by atoms with Crippen molar-refractivity contribution >= 4 is 38.8 Å². The number of rotatable bonds is 5. The van der Waals surface area contributed by atoms with Crippen molar-refractivity contribution in [2.75, 3.05) is 12.3 Å². The van der Waals surface area contributed by atoms with Gasteiger partial charge in [-0.1, -0.05) is 65.8 Å². The number of amides is 1. The Morgan fingerprint density at radius 3 is 2.90 bits per heavy atom. The van der Waals surface area contributed by atoms with Crippen molar-refractivity contribution < 1.29 is 9.53 Å². The number of aliphatic imine (C=N–C) groups is 1. The number of fused-ring (bicyclic) bond motifs is 2. The van der Waals surface area contributed by atoms with Crippen molar-refractivity contribution in [3.05, 3.63) is 52.5 Å². The van der Waals surface area contributed by atoms with Crippen LogP contribution in [0.5, 0.6) is 5.75 Å². The molecule has 0 aromatic heterocycles. The number of carbonyl (C=O) groups is 1. The van der Waals surface area contributed by atoms with Gasteiger partial charge >= 0.3 is 0 Å². The number of carbonyl (C=O) groups excluding carboxylic acids is 1. The molecule has 0 saturated heterocycles. The highest BCUT2D eigenvalue weighted by atomic mass is 79.9. The summed E-state index contributed by atoms with van der Waals surface area (Å²) >= 11 is 5.28. The minimum atomic E-state index is -0.887. The molecule has 1 aromatic rings. The number of ether oxygens (including phenoxy) is 1. The smallest absolute Gasteiger partial charge is 0.261 e. The highest BCUT2D eigenvalue weighted by molar-refractivity contribution is 9.10. The molecule has 4 rings (SSSR count). The third-order valence-corrected chi connectivity index (χ3v) is 7.33. The summed E-state index contributed by atoms with van der Waals surface area (Å²) in [5.41, 5.74) is -0.000837. The predicted molar refractivity (Wildman–Crippen MR) is 123 cm³/mol. The van der Waals surface area contributed by atoms with E-state index in [4.69, 9.17) is 9.73 Å². The molecule has 1 unspecified atom stereocenters. The van der Waals surface area contributed by atoms with Crippen LogP contribution in [-0.2, 0) is 10.3 Å². The Balaban J connectivity index is 1.79. The van der Waals surface area contributed by atoms with Gasteiger partial charge in [0.05, 0.1) is 0 Å². The van der Waals surface area contributed by atoms with E-state index in [1.54, 1.807) is 11.8 Å². The maximum absolute atomic E-state index is 13.8. The highest BCUT2D eigenvalue weighted by Crippen LogP contribution is 2.49. The molecular formula is C23H27BrN2O2S. The minimum absolute atomic E-state index is 0.0726. The molecule has 4 nitrogen and oxygen atoms in total. The fraction of sp³-hybridized carbons (Fsp3) is 0.478. The van der Waals surface area contributed by atoms with Gasteiger partial charge in [0.25, 0.3) is 5.91 Å². The quantitative estimate of drug-likeness (QED) is 0.551. The van der Waals surface area contributed by atoms with Gasteiger partial charge in [-0.15, -0.1) is 0 Å². The Morgan fingerprint density at radius 1 is 1.31 bits per heavy atom. The van der Waals surface area contributed by atoms with Crippen LogP contribution >= 0.6 is 27.7 Å². The lowest BCUT2D eigenvalue weighted by Gasteiger charge is -2.39. The molecule has 29 heavy (non-hydrogen) atoms. The molecule has 1 amide bonds. The first-order valence-electron chi connectivity index (χ1n) is 10.4. The number of hydrogen-bond donors (Lipinski definition) is 0. The Labute approximate surface area is 185 Å². The summed E-state index contributed by atoms with van der Waals surface area (Å²) in [6, 6.07) is 5.96. The standard InChI is InChI=1S/C23H27BrN2O2S/c1-3-12-26-21(27)23(25-22(26)29-13-4-2)15-20(16-8-6-5-7-9-16)28-19-11-10-17(24)14-18(19)23/h5-8,10-11,14,16,20H,3-4,9,12-13,15H2,1-2H3/t16?,20-,23+/m1/s1. The number of nitrogens with zero attached hydrogens (tertiary/aromatic N) is 2. The Hall–Kier alpha value is -1.53. The third kappa shape index (κ3) is 3.81. The van der Waals surface area contributed by atoms with E-state index >= 15 is 0 Å². The molecule has 2 aliphatic heterocycles. The van der Waals surface area contributed by atoms with Crippen LogP contribution in [0.2, 0.25) is 0 Å². The lowest BCUT2D eigenvalue weighted by Crippen LogP contribution is -2.47. The molecule has 0 saturated carbocycles. The van der Waals surface area contributed by atoms with Crippen LogP contribution in [0, 0.1) is 5.92 Å². The van der Waals surface area contributed by atoms with E-state index in [-0.39, 0.29) is 17.9 Å². The lowest BCUT2D eigenvalue weighted by molar-refractivity contribution is -0.133. The van der Waals surface area contributed by atoms with Crippen molar-refractivity contribution in [3.8, 4) is 5.75 Å². The topological polar surface area (TPSA) is 41.9 Å². The summed E-state index contributed by atoms with van der Waals surface area (Å²) in [6.07, 6.45) is 11.9. The van der Waals surface area contributed by atoms with Crippen LogP contribution in [-0.4, -0.2) is 34.4 Å². The number of hydrogen-bond acceptors (Lipinski definition) is 4. The molecule has 1 spiro atoms. The molecule has 0 bridgehead atoms. The largest absolute Gasteiger partial charge is 0.489 e. The van der Waals surface area contributed by atoms with Gasteiger partial charge in [-0.25, -0.2) is 4.99 Å². The van der Waals surface area contributed by atoms with Crippen molar-refractivity contribution in [1.29, 1.82) is 0 Å². The molecule has 3 atom stereocenters. The van der Waals surface area contributed by atoms with Crippen molar-refractivity contribution in [1.82, 2.24) is 4.90 Å². The zero-order valence-electron chi connectivity index (χ0n) is 16.9. The van der Waals surface area contributed by atoms with Crippen LogP contribution in [0.25, 0.3) is 0 Å². The van der Waals surface area contributed by atoms with Gasteiger partial charge in [-0.05, 0) is 37.5 Å². The summed E-state index contributed by atoms with van der Waals surface area (Å²) in [7, 11) is 0. The lowest BCUT2D eigenvalue weighted by atomic mass is 9.77. The van der Waals surface area contributed by atoms with E-state index in [0.717, 1.165) is 46.0 Å². The van der Waals surface area contributed by atoms with Crippen LogP contribution in [0.3, 0.4) is 0 Å². The molecule has 0 N–H and O–H groups in total. The van der Waals surface area contributed by atoms with Crippen LogP contribution < -0.4 is 4.74 Å². The van der Waals surface area contributed by atoms with Crippen LogP contribution in [0.15, 0.2) is 52.0 Å². The predicted octanol–water partition coefficient (Wildman–Crippen LogP) is 5.68. The SMILES string of the molecule is CCCSC1=N[C@]2(C[C@H](C3C=CC=CC3)Oc3ccc(Br)cc32)C(=O)N1CCC. The van der Waals surface area contributed by atoms with E-state index in [1.165, 1.54) is 0 Å². The molecular weight excluding hydrogens is 448 g/mol. The second kappa shape index (κ2) is 8.68. The summed E-state index contributed by atoms with van der Waals surface area (Å²) in [5, 5.41) is 0.865. The van der Waals surface area contributed by atoms with E-state index in [1.807, 2.05) is 23.1 Å². The second-order valence-corrected chi connectivity index (χ2v) is 9.75. The number of amidine groups is 1. The number of thioether (sulfide) groups is 1. The van der Waals surface area contributed by atoms with Gasteiger partial charge in [-0.2, -0.15) is 0 Å². The number of allylic oxidation sites excluding steroid dienone is 3. The molecule has 154 valence electrons. The maximum Gasteiger partial charge on any atom is 0.261 e. The summed E-state index contributed by atoms with van der Waals surface area (Å²) < 4.78 is 7.36. The second-order valence-electron chi connectivity index (χ2n) is 7.77.